The van der Waals surface area contributed by atoms with E-state index in [2.05, 4.69) is 11.5 Å². The van der Waals surface area contributed by atoms with Crippen LogP contribution in [0.3, 0.4) is 0 Å². The lowest BCUT2D eigenvalue weighted by atomic mass is 9.99. The Labute approximate surface area is 212 Å². The molecule has 4 rings (SSSR count). The zero-order valence-corrected chi connectivity index (χ0v) is 21.2. The number of hydrogen-bond acceptors (Lipinski definition) is 5. The van der Waals surface area contributed by atoms with Crippen LogP contribution in [0.2, 0.25) is 0 Å². The minimum atomic E-state index is -0.387. The molecule has 0 radical (unpaired) electrons. The second-order valence-corrected chi connectivity index (χ2v) is 9.53. The highest BCUT2D eigenvalue weighted by molar-refractivity contribution is 5.87. The van der Waals surface area contributed by atoms with Crippen molar-refractivity contribution in [1.82, 2.24) is 14.7 Å². The number of methoxy groups -OCH3 is 1. The van der Waals surface area contributed by atoms with E-state index in [-0.39, 0.29) is 30.0 Å². The van der Waals surface area contributed by atoms with Gasteiger partial charge in [0.15, 0.2) is 0 Å². The van der Waals surface area contributed by atoms with Crippen molar-refractivity contribution in [1.29, 1.82) is 0 Å². The minimum absolute atomic E-state index is 0.0427. The number of carbonyl (C=O) groups excluding carboxylic acids is 2. The van der Waals surface area contributed by atoms with Gasteiger partial charge in [0.05, 0.1) is 7.11 Å². The lowest BCUT2D eigenvalue weighted by Crippen LogP contribution is -2.54. The van der Waals surface area contributed by atoms with Gasteiger partial charge in [-0.1, -0.05) is 24.8 Å². The maximum absolute atomic E-state index is 14.5. The Morgan fingerprint density at radius 2 is 1.97 bits per heavy atom. The van der Waals surface area contributed by atoms with Crippen molar-refractivity contribution in [2.24, 2.45) is 0 Å². The predicted octanol–water partition coefficient (Wildman–Crippen LogP) is 4.10. The maximum Gasteiger partial charge on any atom is 0.409 e. The molecule has 2 heterocycles. The highest BCUT2D eigenvalue weighted by Gasteiger charge is 2.29. The van der Waals surface area contributed by atoms with Crippen molar-refractivity contribution >= 4 is 12.0 Å². The number of carbonyl (C=O) groups is 2. The quantitative estimate of drug-likeness (QED) is 0.565. The number of rotatable bonds is 6. The van der Waals surface area contributed by atoms with Crippen LogP contribution in [0.25, 0.3) is 0 Å². The average molecular weight is 496 g/mol. The molecule has 0 aromatic heterocycles. The summed E-state index contributed by atoms with van der Waals surface area (Å²) in [5.74, 6) is 0.388. The third kappa shape index (κ3) is 5.70. The van der Waals surface area contributed by atoms with E-state index in [1.54, 1.807) is 24.0 Å². The molecule has 1 saturated heterocycles. The molecule has 0 unspecified atom stereocenters. The first kappa shape index (κ1) is 25.7. The van der Waals surface area contributed by atoms with Crippen molar-refractivity contribution in [3.63, 3.8) is 0 Å². The van der Waals surface area contributed by atoms with Gasteiger partial charge in [0.2, 0.25) is 5.91 Å². The Hall–Kier alpha value is -3.39. The highest BCUT2D eigenvalue weighted by Crippen LogP contribution is 2.29. The van der Waals surface area contributed by atoms with Crippen molar-refractivity contribution in [2.45, 2.75) is 39.0 Å². The number of ether oxygens (including phenoxy) is 2. The first-order valence-corrected chi connectivity index (χ1v) is 12.3. The minimum Gasteiger partial charge on any atom is -0.484 e. The Morgan fingerprint density at radius 1 is 1.17 bits per heavy atom. The SMILES string of the molecule is C=CC(=O)N1CCN(C[C@@H](Oc2ccc3c(c2)CCN(C(=O)OC)C3)c2ccc(C)c(F)c2)C[C@H]1C. The number of benzene rings is 2. The van der Waals surface area contributed by atoms with E-state index in [1.807, 2.05) is 36.1 Å². The summed E-state index contributed by atoms with van der Waals surface area (Å²) in [5, 5.41) is 0. The van der Waals surface area contributed by atoms with Gasteiger partial charge in [0.25, 0.3) is 0 Å². The molecule has 2 aliphatic heterocycles. The molecule has 2 aromatic carbocycles. The van der Waals surface area contributed by atoms with Crippen LogP contribution in [0.15, 0.2) is 49.1 Å². The lowest BCUT2D eigenvalue weighted by molar-refractivity contribution is -0.130. The zero-order chi connectivity index (χ0) is 25.8. The van der Waals surface area contributed by atoms with E-state index in [1.165, 1.54) is 13.2 Å². The van der Waals surface area contributed by atoms with Crippen LogP contribution < -0.4 is 4.74 Å². The molecule has 0 saturated carbocycles. The van der Waals surface area contributed by atoms with E-state index >= 15 is 0 Å². The second kappa shape index (κ2) is 11.1. The zero-order valence-electron chi connectivity index (χ0n) is 21.2. The average Bonchev–Trinajstić information content (AvgIpc) is 2.88. The molecule has 0 bridgehead atoms. The highest BCUT2D eigenvalue weighted by atomic mass is 19.1. The number of piperazine rings is 1. The van der Waals surface area contributed by atoms with E-state index in [4.69, 9.17) is 9.47 Å². The van der Waals surface area contributed by atoms with Crippen molar-refractivity contribution in [3.8, 4) is 5.75 Å². The Morgan fingerprint density at radius 3 is 2.67 bits per heavy atom. The number of nitrogens with zero attached hydrogens (tertiary/aromatic N) is 3. The lowest BCUT2D eigenvalue weighted by Gasteiger charge is -2.40. The van der Waals surface area contributed by atoms with Gasteiger partial charge >= 0.3 is 6.09 Å². The standard InChI is InChI=1S/C28H34FN3O4/c1-5-27(33)32-13-12-30(16-20(32)3)18-26(22-7-6-19(2)25(29)15-22)36-24-9-8-23-17-31(28(34)35-4)11-10-21(23)14-24/h5-9,14-15,20,26H,1,10-13,16-18H2,2-4H3/t20-,26-/m1/s1. The smallest absolute Gasteiger partial charge is 0.409 e. The molecule has 0 aliphatic carbocycles. The van der Waals surface area contributed by atoms with E-state index in [9.17, 15) is 14.0 Å². The van der Waals surface area contributed by atoms with Crippen LogP contribution in [0.4, 0.5) is 9.18 Å². The topological polar surface area (TPSA) is 62.3 Å². The Bertz CT molecular complexity index is 1140. The molecular weight excluding hydrogens is 461 g/mol. The fraction of sp³-hybridized carbons (Fsp3) is 0.429. The van der Waals surface area contributed by atoms with Crippen LogP contribution in [0.5, 0.6) is 5.75 Å². The van der Waals surface area contributed by atoms with Crippen LogP contribution in [0.1, 0.15) is 35.3 Å². The largest absolute Gasteiger partial charge is 0.484 e. The normalized spacial score (nSPS) is 18.8. The van der Waals surface area contributed by atoms with E-state index < -0.39 is 0 Å². The molecule has 192 valence electrons. The molecule has 7 nitrogen and oxygen atoms in total. The van der Waals surface area contributed by atoms with Gasteiger partial charge in [-0.15, -0.1) is 0 Å². The number of halogens is 1. The van der Waals surface area contributed by atoms with E-state index in [0.717, 1.165) is 16.7 Å². The fourth-order valence-electron chi connectivity index (χ4n) is 4.95. The molecule has 1 fully saturated rings. The fourth-order valence-corrected chi connectivity index (χ4v) is 4.95. The molecule has 2 atom stereocenters. The number of fused-ring (bicyclic) bond motifs is 1. The van der Waals surface area contributed by atoms with Crippen molar-refractivity contribution < 1.29 is 23.5 Å². The van der Waals surface area contributed by atoms with Gasteiger partial charge in [0.1, 0.15) is 17.7 Å². The molecule has 0 N–H and O–H groups in total. The summed E-state index contributed by atoms with van der Waals surface area (Å²) in [6.07, 6.45) is 1.35. The molecule has 2 aromatic rings. The monoisotopic (exact) mass is 495 g/mol. The number of amides is 2. The van der Waals surface area contributed by atoms with Crippen LogP contribution in [-0.4, -0.2) is 72.6 Å². The predicted molar refractivity (Wildman–Crippen MR) is 135 cm³/mol. The Kier molecular flexibility index (Phi) is 7.94. The maximum atomic E-state index is 14.5. The van der Waals surface area contributed by atoms with Crippen LogP contribution in [0, 0.1) is 12.7 Å². The summed E-state index contributed by atoms with van der Waals surface area (Å²) in [6.45, 7) is 11.0. The Balaban J connectivity index is 1.52. The molecule has 2 aliphatic rings. The molecule has 36 heavy (non-hydrogen) atoms. The van der Waals surface area contributed by atoms with Gasteiger partial charge in [-0.3, -0.25) is 9.69 Å². The first-order chi connectivity index (χ1) is 17.3. The summed E-state index contributed by atoms with van der Waals surface area (Å²) >= 11 is 0. The van der Waals surface area contributed by atoms with Gasteiger partial charge in [-0.25, -0.2) is 9.18 Å². The van der Waals surface area contributed by atoms with Gasteiger partial charge < -0.3 is 19.3 Å². The number of aryl methyl sites for hydroxylation is 1. The third-order valence-electron chi connectivity index (χ3n) is 7.06. The summed E-state index contributed by atoms with van der Waals surface area (Å²) < 4.78 is 25.8. The molecular formula is C28H34FN3O4. The molecule has 2 amide bonds. The van der Waals surface area contributed by atoms with Crippen LogP contribution in [-0.2, 0) is 22.5 Å². The van der Waals surface area contributed by atoms with Gasteiger partial charge in [0, 0.05) is 45.3 Å². The van der Waals surface area contributed by atoms with Gasteiger partial charge in [-0.2, -0.15) is 0 Å². The van der Waals surface area contributed by atoms with Gasteiger partial charge in [-0.05, 0) is 66.8 Å². The molecule has 8 heteroatoms. The van der Waals surface area contributed by atoms with Crippen molar-refractivity contribution in [2.75, 3.05) is 39.8 Å². The second-order valence-electron chi connectivity index (χ2n) is 9.53. The summed E-state index contributed by atoms with van der Waals surface area (Å²) in [5.41, 5.74) is 3.55. The van der Waals surface area contributed by atoms with E-state index in [0.29, 0.717) is 57.0 Å². The summed E-state index contributed by atoms with van der Waals surface area (Å²) in [4.78, 5) is 29.8. The third-order valence-corrected chi connectivity index (χ3v) is 7.06. The number of hydrogen-bond donors (Lipinski definition) is 0. The summed E-state index contributed by atoms with van der Waals surface area (Å²) in [6, 6.07) is 11.2. The van der Waals surface area contributed by atoms with Crippen LogP contribution >= 0.6 is 0 Å². The first-order valence-electron chi connectivity index (χ1n) is 12.3. The summed E-state index contributed by atoms with van der Waals surface area (Å²) in [7, 11) is 1.39. The van der Waals surface area contributed by atoms with Crippen molar-refractivity contribution in [3.05, 3.63) is 77.1 Å². The molecule has 0 spiro atoms.